The molecule has 5 nitrogen and oxygen atoms in total. The number of carbonyl (C=O) groups excluding carboxylic acids is 1. The van der Waals surface area contributed by atoms with Crippen LogP contribution in [0.4, 0.5) is 18.3 Å². The van der Waals surface area contributed by atoms with Crippen LogP contribution in [0.5, 0.6) is 0 Å². The number of carbonyl (C=O) groups is 1. The van der Waals surface area contributed by atoms with Crippen molar-refractivity contribution in [3.63, 3.8) is 0 Å². The molecule has 0 saturated heterocycles. The second-order valence-corrected chi connectivity index (χ2v) is 7.77. The number of benzene rings is 1. The average molecular weight is 394 g/mol. The standard InChI is InChI=1S/C18H17F3N4OS/c1-17(2,3)25-9-12(8-22-25)15(26)24-16-23-14(10-27-16)11-5-4-6-13(7-11)18(19,20)21/h4-10H,1-3H3,(H,23,24,26). The normalized spacial score (nSPS) is 12.2. The van der Waals surface area contributed by atoms with E-state index in [4.69, 9.17) is 0 Å². The molecule has 0 unspecified atom stereocenters. The Morgan fingerprint density at radius 1 is 1.22 bits per heavy atom. The van der Waals surface area contributed by atoms with Crippen LogP contribution in [0.15, 0.2) is 42.0 Å². The SMILES string of the molecule is CC(C)(C)n1cc(C(=O)Nc2nc(-c3cccc(C(F)(F)F)c3)cs2)cn1. The predicted octanol–water partition coefficient (Wildman–Crippen LogP) is 5.03. The topological polar surface area (TPSA) is 59.8 Å². The molecular weight excluding hydrogens is 377 g/mol. The zero-order valence-electron chi connectivity index (χ0n) is 14.8. The minimum atomic E-state index is -4.42. The van der Waals surface area contributed by atoms with Gasteiger partial charge < -0.3 is 0 Å². The molecule has 0 fully saturated rings. The summed E-state index contributed by atoms with van der Waals surface area (Å²) in [6.45, 7) is 5.89. The van der Waals surface area contributed by atoms with E-state index in [-0.39, 0.29) is 11.4 Å². The number of alkyl halides is 3. The van der Waals surface area contributed by atoms with Crippen molar-refractivity contribution in [1.82, 2.24) is 14.8 Å². The maximum Gasteiger partial charge on any atom is 0.416 e. The van der Waals surface area contributed by atoms with E-state index in [1.165, 1.54) is 12.3 Å². The van der Waals surface area contributed by atoms with Crippen molar-refractivity contribution < 1.29 is 18.0 Å². The minimum absolute atomic E-state index is 0.254. The Morgan fingerprint density at radius 3 is 2.59 bits per heavy atom. The van der Waals surface area contributed by atoms with Gasteiger partial charge in [0.25, 0.3) is 5.91 Å². The first-order chi connectivity index (χ1) is 12.5. The van der Waals surface area contributed by atoms with Crippen molar-refractivity contribution >= 4 is 22.4 Å². The van der Waals surface area contributed by atoms with Crippen molar-refractivity contribution in [2.45, 2.75) is 32.5 Å². The fourth-order valence-electron chi connectivity index (χ4n) is 2.29. The lowest BCUT2D eigenvalue weighted by molar-refractivity contribution is -0.137. The predicted molar refractivity (Wildman–Crippen MR) is 97.7 cm³/mol. The monoisotopic (exact) mass is 394 g/mol. The Labute approximate surface area is 157 Å². The maximum atomic E-state index is 12.9. The van der Waals surface area contributed by atoms with E-state index in [9.17, 15) is 18.0 Å². The smallest absolute Gasteiger partial charge is 0.298 e. The molecule has 1 amide bonds. The van der Waals surface area contributed by atoms with Gasteiger partial charge in [-0.15, -0.1) is 11.3 Å². The van der Waals surface area contributed by atoms with E-state index >= 15 is 0 Å². The molecule has 27 heavy (non-hydrogen) atoms. The molecule has 3 rings (SSSR count). The highest BCUT2D eigenvalue weighted by molar-refractivity contribution is 7.14. The molecular formula is C18H17F3N4OS. The summed E-state index contributed by atoms with van der Waals surface area (Å²) in [6.07, 6.45) is -1.32. The van der Waals surface area contributed by atoms with Crippen LogP contribution in [0, 0.1) is 0 Å². The van der Waals surface area contributed by atoms with E-state index in [0.29, 0.717) is 22.0 Å². The van der Waals surface area contributed by atoms with Crippen LogP contribution in [-0.4, -0.2) is 20.7 Å². The van der Waals surface area contributed by atoms with Crippen molar-refractivity contribution in [2.75, 3.05) is 5.32 Å². The quantitative estimate of drug-likeness (QED) is 0.678. The van der Waals surface area contributed by atoms with Gasteiger partial charge in [-0.25, -0.2) is 4.98 Å². The van der Waals surface area contributed by atoms with Crippen LogP contribution < -0.4 is 5.32 Å². The molecule has 2 aromatic heterocycles. The van der Waals surface area contributed by atoms with Gasteiger partial charge in [0.05, 0.1) is 28.6 Å². The van der Waals surface area contributed by atoms with Gasteiger partial charge in [0.15, 0.2) is 5.13 Å². The number of amides is 1. The third kappa shape index (κ3) is 4.36. The molecule has 0 aliphatic carbocycles. The fraction of sp³-hybridized carbons (Fsp3) is 0.278. The van der Waals surface area contributed by atoms with Crippen LogP contribution >= 0.6 is 11.3 Å². The van der Waals surface area contributed by atoms with Crippen molar-refractivity contribution in [3.05, 3.63) is 53.2 Å². The first-order valence-corrected chi connectivity index (χ1v) is 8.92. The van der Waals surface area contributed by atoms with Crippen LogP contribution in [-0.2, 0) is 11.7 Å². The summed E-state index contributed by atoms with van der Waals surface area (Å²) in [7, 11) is 0. The summed E-state index contributed by atoms with van der Waals surface area (Å²) in [5, 5.41) is 8.72. The average Bonchev–Trinajstić information content (AvgIpc) is 3.23. The summed E-state index contributed by atoms with van der Waals surface area (Å²) in [5.41, 5.74) is 0.0824. The number of rotatable bonds is 3. The van der Waals surface area contributed by atoms with Gasteiger partial charge in [0.2, 0.25) is 0 Å². The number of thiazole rings is 1. The molecule has 0 atom stereocenters. The van der Waals surface area contributed by atoms with Gasteiger partial charge in [-0.1, -0.05) is 12.1 Å². The highest BCUT2D eigenvalue weighted by Crippen LogP contribution is 2.33. The van der Waals surface area contributed by atoms with Crippen molar-refractivity contribution in [3.8, 4) is 11.3 Å². The number of nitrogens with zero attached hydrogens (tertiary/aromatic N) is 3. The highest BCUT2D eigenvalue weighted by Gasteiger charge is 2.30. The number of nitrogens with one attached hydrogen (secondary N) is 1. The van der Waals surface area contributed by atoms with Crippen molar-refractivity contribution in [2.24, 2.45) is 0 Å². The van der Waals surface area contributed by atoms with E-state index in [2.05, 4.69) is 15.4 Å². The number of hydrogen-bond acceptors (Lipinski definition) is 4. The Morgan fingerprint density at radius 2 is 1.96 bits per heavy atom. The largest absolute Gasteiger partial charge is 0.416 e. The van der Waals surface area contributed by atoms with Gasteiger partial charge in [0.1, 0.15) is 0 Å². The number of aromatic nitrogens is 3. The molecule has 0 aliphatic rings. The highest BCUT2D eigenvalue weighted by atomic mass is 32.1. The van der Waals surface area contributed by atoms with Gasteiger partial charge in [0, 0.05) is 17.1 Å². The summed E-state index contributed by atoms with van der Waals surface area (Å²) in [6, 6.07) is 4.92. The van der Waals surface area contributed by atoms with Gasteiger partial charge >= 0.3 is 6.18 Å². The Hall–Kier alpha value is -2.68. The van der Waals surface area contributed by atoms with Gasteiger partial charge in [-0.2, -0.15) is 18.3 Å². The van der Waals surface area contributed by atoms with E-state index < -0.39 is 11.7 Å². The summed E-state index contributed by atoms with van der Waals surface area (Å²) in [4.78, 5) is 16.6. The number of halogens is 3. The molecule has 1 N–H and O–H groups in total. The first kappa shape index (κ1) is 19.1. The molecule has 9 heteroatoms. The van der Waals surface area contributed by atoms with Crippen LogP contribution in [0.1, 0.15) is 36.7 Å². The lowest BCUT2D eigenvalue weighted by atomic mass is 10.1. The zero-order chi connectivity index (χ0) is 19.8. The Bertz CT molecular complexity index is 969. The molecule has 2 heterocycles. The molecule has 0 bridgehead atoms. The molecule has 0 radical (unpaired) electrons. The van der Waals surface area contributed by atoms with E-state index in [0.717, 1.165) is 23.5 Å². The van der Waals surface area contributed by atoms with Crippen molar-refractivity contribution in [1.29, 1.82) is 0 Å². The fourth-order valence-corrected chi connectivity index (χ4v) is 3.01. The van der Waals surface area contributed by atoms with Gasteiger partial charge in [-0.3, -0.25) is 14.8 Å². The van der Waals surface area contributed by atoms with Crippen LogP contribution in [0.3, 0.4) is 0 Å². The molecule has 0 spiro atoms. The molecule has 1 aromatic carbocycles. The molecule has 0 aliphatic heterocycles. The van der Waals surface area contributed by atoms with Gasteiger partial charge in [-0.05, 0) is 32.9 Å². The minimum Gasteiger partial charge on any atom is -0.298 e. The van der Waals surface area contributed by atoms with E-state index in [1.54, 1.807) is 22.3 Å². The lowest BCUT2D eigenvalue weighted by Crippen LogP contribution is -2.22. The zero-order valence-corrected chi connectivity index (χ0v) is 15.6. The number of hydrogen-bond donors (Lipinski definition) is 1. The van der Waals surface area contributed by atoms with Crippen LogP contribution in [0.25, 0.3) is 11.3 Å². The Kier molecular flexibility index (Phi) is 4.81. The molecule has 0 saturated carbocycles. The summed E-state index contributed by atoms with van der Waals surface area (Å²) < 4.78 is 40.2. The molecule has 3 aromatic rings. The number of anilines is 1. The van der Waals surface area contributed by atoms with E-state index in [1.807, 2.05) is 20.8 Å². The summed E-state index contributed by atoms with van der Waals surface area (Å²) >= 11 is 1.14. The van der Waals surface area contributed by atoms with Crippen LogP contribution in [0.2, 0.25) is 0 Å². The first-order valence-electron chi connectivity index (χ1n) is 8.04. The summed E-state index contributed by atoms with van der Waals surface area (Å²) in [5.74, 6) is -0.379. The maximum absolute atomic E-state index is 12.9. The third-order valence-corrected chi connectivity index (χ3v) is 4.50. The Balaban J connectivity index is 1.77. The second kappa shape index (κ2) is 6.80. The second-order valence-electron chi connectivity index (χ2n) is 6.91. The third-order valence-electron chi connectivity index (χ3n) is 3.74. The molecule has 142 valence electrons. The lowest BCUT2D eigenvalue weighted by Gasteiger charge is -2.18.